The van der Waals surface area contributed by atoms with E-state index in [9.17, 15) is 9.90 Å². The summed E-state index contributed by atoms with van der Waals surface area (Å²) in [6.07, 6.45) is 2.97. The number of rotatable bonds is 3. The van der Waals surface area contributed by atoms with Gasteiger partial charge in [0.05, 0.1) is 23.4 Å². The maximum atomic E-state index is 12.2. The highest BCUT2D eigenvalue weighted by atomic mass is 35.5. The highest BCUT2D eigenvalue weighted by molar-refractivity contribution is 6.33. The van der Waals surface area contributed by atoms with Crippen LogP contribution in [0, 0.1) is 6.92 Å². The van der Waals surface area contributed by atoms with Gasteiger partial charge in [-0.3, -0.25) is 4.79 Å². The van der Waals surface area contributed by atoms with Crippen molar-refractivity contribution in [2.45, 2.75) is 6.92 Å². The number of carbonyl (C=O) groups excluding carboxylic acids is 1. The molecule has 3 aromatic rings. The van der Waals surface area contributed by atoms with Crippen molar-refractivity contribution in [2.75, 3.05) is 0 Å². The van der Waals surface area contributed by atoms with Gasteiger partial charge in [0.15, 0.2) is 0 Å². The van der Waals surface area contributed by atoms with Gasteiger partial charge in [0.25, 0.3) is 5.91 Å². The Morgan fingerprint density at radius 3 is 2.87 bits per heavy atom. The van der Waals surface area contributed by atoms with Crippen LogP contribution in [-0.2, 0) is 0 Å². The number of hydrazone groups is 1. The second-order valence-electron chi connectivity index (χ2n) is 4.97. The number of phenolic OH excluding ortho intramolecular Hbond substituents is 1. The van der Waals surface area contributed by atoms with E-state index in [1.807, 2.05) is 6.07 Å². The van der Waals surface area contributed by atoms with E-state index in [2.05, 4.69) is 10.5 Å². The van der Waals surface area contributed by atoms with E-state index >= 15 is 0 Å². The van der Waals surface area contributed by atoms with Crippen molar-refractivity contribution in [3.8, 4) is 5.75 Å². The number of aryl methyl sites for hydroxylation is 1. The topological polar surface area (TPSA) is 74.8 Å². The Morgan fingerprint density at radius 2 is 2.09 bits per heavy atom. The van der Waals surface area contributed by atoms with E-state index in [1.165, 1.54) is 18.5 Å². The van der Waals surface area contributed by atoms with Crippen LogP contribution >= 0.6 is 11.6 Å². The van der Waals surface area contributed by atoms with Crippen LogP contribution in [-0.4, -0.2) is 17.2 Å². The van der Waals surface area contributed by atoms with Crippen molar-refractivity contribution < 1.29 is 14.3 Å². The summed E-state index contributed by atoms with van der Waals surface area (Å²) in [6, 6.07) is 10.2. The lowest BCUT2D eigenvalue weighted by atomic mass is 10.1. The highest BCUT2D eigenvalue weighted by Gasteiger charge is 2.16. The molecule has 2 N–H and O–H groups in total. The van der Waals surface area contributed by atoms with Crippen molar-refractivity contribution in [1.82, 2.24) is 5.43 Å². The maximum Gasteiger partial charge on any atom is 0.275 e. The zero-order chi connectivity index (χ0) is 16.4. The molecule has 0 saturated heterocycles. The number of furan rings is 1. The first-order valence-electron chi connectivity index (χ1n) is 6.85. The molecule has 6 heteroatoms. The monoisotopic (exact) mass is 328 g/mol. The summed E-state index contributed by atoms with van der Waals surface area (Å²) in [5.41, 5.74) is 4.46. The minimum Gasteiger partial charge on any atom is -0.506 e. The summed E-state index contributed by atoms with van der Waals surface area (Å²) < 4.78 is 5.28. The van der Waals surface area contributed by atoms with Gasteiger partial charge in [-0.05, 0) is 30.7 Å². The molecule has 0 saturated carbocycles. The Bertz CT molecular complexity index is 915. The molecule has 0 aliphatic rings. The number of benzene rings is 2. The zero-order valence-corrected chi connectivity index (χ0v) is 13.0. The molecule has 1 aromatic heterocycles. The summed E-state index contributed by atoms with van der Waals surface area (Å²) in [7, 11) is 0. The summed E-state index contributed by atoms with van der Waals surface area (Å²) in [5, 5.41) is 15.2. The third-order valence-corrected chi connectivity index (χ3v) is 3.76. The van der Waals surface area contributed by atoms with Gasteiger partial charge in [-0.1, -0.05) is 29.8 Å². The summed E-state index contributed by atoms with van der Waals surface area (Å²) >= 11 is 6.00. The average molecular weight is 329 g/mol. The average Bonchev–Trinajstić information content (AvgIpc) is 2.91. The second kappa shape index (κ2) is 6.14. The fraction of sp³-hybridized carbons (Fsp3) is 0.0588. The van der Waals surface area contributed by atoms with E-state index in [-0.39, 0.29) is 11.3 Å². The fourth-order valence-electron chi connectivity index (χ4n) is 2.25. The first-order chi connectivity index (χ1) is 11.1. The number of phenols is 1. The molecule has 23 heavy (non-hydrogen) atoms. The molecular formula is C17H13ClN2O3. The number of hydrogen-bond acceptors (Lipinski definition) is 4. The van der Waals surface area contributed by atoms with Crippen LogP contribution in [0.1, 0.15) is 21.5 Å². The molecule has 0 radical (unpaired) electrons. The van der Waals surface area contributed by atoms with Gasteiger partial charge in [0.2, 0.25) is 0 Å². The molecule has 5 nitrogen and oxygen atoms in total. The van der Waals surface area contributed by atoms with Crippen LogP contribution in [0.3, 0.4) is 0 Å². The second-order valence-corrected chi connectivity index (χ2v) is 5.38. The van der Waals surface area contributed by atoms with Crippen molar-refractivity contribution >= 4 is 34.7 Å². The van der Waals surface area contributed by atoms with E-state index < -0.39 is 5.91 Å². The minimum atomic E-state index is -0.520. The zero-order valence-electron chi connectivity index (χ0n) is 12.2. The largest absolute Gasteiger partial charge is 0.506 e. The third-order valence-electron chi connectivity index (χ3n) is 3.42. The Hall–Kier alpha value is -2.79. The number of nitrogens with one attached hydrogen (secondary N) is 1. The Kier molecular flexibility index (Phi) is 4.04. The molecule has 0 atom stereocenters. The molecule has 0 unspecified atom stereocenters. The van der Waals surface area contributed by atoms with E-state index in [0.717, 1.165) is 5.56 Å². The lowest BCUT2D eigenvalue weighted by Gasteiger charge is -2.04. The van der Waals surface area contributed by atoms with Gasteiger partial charge in [-0.25, -0.2) is 5.43 Å². The lowest BCUT2D eigenvalue weighted by Crippen LogP contribution is -2.17. The first kappa shape index (κ1) is 15.1. The number of halogens is 1. The molecule has 2 aromatic carbocycles. The molecule has 0 aliphatic carbocycles. The predicted molar refractivity (Wildman–Crippen MR) is 89.1 cm³/mol. The van der Waals surface area contributed by atoms with Crippen molar-refractivity contribution in [3.05, 3.63) is 64.4 Å². The smallest absolute Gasteiger partial charge is 0.275 e. The molecule has 1 amide bonds. The van der Waals surface area contributed by atoms with Crippen molar-refractivity contribution in [2.24, 2.45) is 5.10 Å². The minimum absolute atomic E-state index is 0.123. The van der Waals surface area contributed by atoms with Crippen LogP contribution in [0.5, 0.6) is 5.75 Å². The number of carbonyl (C=O) groups is 1. The van der Waals surface area contributed by atoms with Gasteiger partial charge < -0.3 is 9.52 Å². The van der Waals surface area contributed by atoms with Gasteiger partial charge in [0.1, 0.15) is 11.3 Å². The van der Waals surface area contributed by atoms with Gasteiger partial charge in [-0.15, -0.1) is 0 Å². The van der Waals surface area contributed by atoms with E-state index in [1.54, 1.807) is 31.2 Å². The van der Waals surface area contributed by atoms with Crippen molar-refractivity contribution in [3.63, 3.8) is 0 Å². The Balaban J connectivity index is 1.83. The van der Waals surface area contributed by atoms with Gasteiger partial charge >= 0.3 is 0 Å². The SMILES string of the molecule is Cc1coc2ccc(C(=O)N/N=C/c3ccccc3Cl)c(O)c12. The number of hydrogen-bond donors (Lipinski definition) is 2. The van der Waals surface area contributed by atoms with Crippen LogP contribution in [0.25, 0.3) is 11.0 Å². The first-order valence-corrected chi connectivity index (χ1v) is 7.23. The lowest BCUT2D eigenvalue weighted by molar-refractivity contribution is 0.0952. The van der Waals surface area contributed by atoms with Gasteiger partial charge in [0, 0.05) is 10.6 Å². The number of nitrogens with zero attached hydrogens (tertiary/aromatic N) is 1. The predicted octanol–water partition coefficient (Wildman–Crippen LogP) is 3.86. The molecule has 0 fully saturated rings. The quantitative estimate of drug-likeness (QED) is 0.566. The van der Waals surface area contributed by atoms with Crippen LogP contribution in [0.2, 0.25) is 5.02 Å². The van der Waals surface area contributed by atoms with Crippen LogP contribution in [0.15, 0.2) is 52.2 Å². The van der Waals surface area contributed by atoms with Crippen molar-refractivity contribution in [1.29, 1.82) is 0 Å². The fourth-order valence-corrected chi connectivity index (χ4v) is 2.43. The number of fused-ring (bicyclic) bond motifs is 1. The highest BCUT2D eigenvalue weighted by Crippen LogP contribution is 2.32. The van der Waals surface area contributed by atoms with E-state index in [4.69, 9.17) is 16.0 Å². The summed E-state index contributed by atoms with van der Waals surface area (Å²) in [5.74, 6) is -0.646. The van der Waals surface area contributed by atoms with Crippen LogP contribution < -0.4 is 5.43 Å². The Labute approximate surface area is 137 Å². The van der Waals surface area contributed by atoms with Crippen LogP contribution in [0.4, 0.5) is 0 Å². The standard InChI is InChI=1S/C17H13ClN2O3/c1-10-9-23-14-7-6-12(16(21)15(10)14)17(22)20-19-8-11-4-2-3-5-13(11)18/h2-9,21H,1H3,(H,20,22)/b19-8+. The molecule has 116 valence electrons. The molecule has 0 bridgehead atoms. The normalized spacial score (nSPS) is 11.2. The molecule has 0 spiro atoms. The van der Waals surface area contributed by atoms with E-state index in [0.29, 0.717) is 21.6 Å². The number of amides is 1. The third kappa shape index (κ3) is 2.91. The van der Waals surface area contributed by atoms with Gasteiger partial charge in [-0.2, -0.15) is 5.10 Å². The molecular weight excluding hydrogens is 316 g/mol. The summed E-state index contributed by atoms with van der Waals surface area (Å²) in [6.45, 7) is 1.79. The molecule has 1 heterocycles. The molecule has 3 rings (SSSR count). The molecule has 0 aliphatic heterocycles. The number of aromatic hydroxyl groups is 1. The summed E-state index contributed by atoms with van der Waals surface area (Å²) in [4.78, 5) is 12.2. The maximum absolute atomic E-state index is 12.2. The Morgan fingerprint density at radius 1 is 1.30 bits per heavy atom.